The highest BCUT2D eigenvalue weighted by Gasteiger charge is 2.56. The van der Waals surface area contributed by atoms with Crippen LogP contribution in [-0.2, 0) is 16.8 Å². The van der Waals surface area contributed by atoms with Gasteiger partial charge in [0.25, 0.3) is 0 Å². The summed E-state index contributed by atoms with van der Waals surface area (Å²) in [6.07, 6.45) is 7.95. The summed E-state index contributed by atoms with van der Waals surface area (Å²) in [5, 5.41) is 1.37. The largest absolute Gasteiger partial charge is 0.356 e. The molecule has 114 valence electrons. The second-order valence-corrected chi connectivity index (χ2v) is 7.24. The van der Waals surface area contributed by atoms with Crippen molar-refractivity contribution < 1.29 is 4.79 Å². The number of benzene rings is 1. The number of nitrogens with zero attached hydrogens (tertiary/aromatic N) is 1. The molecule has 1 amide bonds. The van der Waals surface area contributed by atoms with Gasteiger partial charge in [0.1, 0.15) is 0 Å². The van der Waals surface area contributed by atoms with Crippen molar-refractivity contribution in [2.24, 2.45) is 5.92 Å². The first-order chi connectivity index (χ1) is 10.8. The minimum Gasteiger partial charge on any atom is -0.356 e. The number of carbonyl (C=O) groups excluding carboxylic acids is 1. The van der Waals surface area contributed by atoms with E-state index in [4.69, 9.17) is 0 Å². The Hall–Kier alpha value is -1.77. The van der Waals surface area contributed by atoms with E-state index in [0.717, 1.165) is 25.8 Å². The number of para-hydroxylation sites is 1. The fourth-order valence-electron chi connectivity index (χ4n) is 5.42. The molecular weight excluding hydrogens is 272 g/mol. The monoisotopic (exact) mass is 294 g/mol. The lowest BCUT2D eigenvalue weighted by Crippen LogP contribution is -2.50. The summed E-state index contributed by atoms with van der Waals surface area (Å²) in [4.78, 5) is 18.6. The maximum atomic E-state index is 12.6. The second kappa shape index (κ2) is 4.37. The van der Waals surface area contributed by atoms with Gasteiger partial charge < -0.3 is 9.88 Å². The molecule has 2 atom stereocenters. The summed E-state index contributed by atoms with van der Waals surface area (Å²) in [5.74, 6) is 0.894. The maximum Gasteiger partial charge on any atom is 0.223 e. The SMILES string of the molecule is O=C1C[C@H]2CCCCC[C@]23c2[nH]c4ccccc4c2CCN13. The van der Waals surface area contributed by atoms with Gasteiger partial charge in [0.05, 0.1) is 5.54 Å². The van der Waals surface area contributed by atoms with Crippen molar-refractivity contribution >= 4 is 16.8 Å². The van der Waals surface area contributed by atoms with Crippen LogP contribution >= 0.6 is 0 Å². The molecule has 3 nitrogen and oxygen atoms in total. The number of carbonyl (C=O) groups is 1. The van der Waals surface area contributed by atoms with Crippen molar-refractivity contribution in [1.82, 2.24) is 9.88 Å². The zero-order valence-corrected chi connectivity index (χ0v) is 12.9. The van der Waals surface area contributed by atoms with Crippen molar-refractivity contribution in [3.63, 3.8) is 0 Å². The van der Waals surface area contributed by atoms with E-state index >= 15 is 0 Å². The molecule has 2 fully saturated rings. The molecule has 22 heavy (non-hydrogen) atoms. The van der Waals surface area contributed by atoms with Crippen LogP contribution < -0.4 is 0 Å². The molecule has 2 aromatic rings. The first kappa shape index (κ1) is 12.7. The molecule has 5 rings (SSSR count). The van der Waals surface area contributed by atoms with Crippen molar-refractivity contribution in [3.8, 4) is 0 Å². The average molecular weight is 294 g/mol. The Kier molecular flexibility index (Phi) is 2.53. The van der Waals surface area contributed by atoms with Crippen LogP contribution in [0.2, 0.25) is 0 Å². The molecule has 2 aliphatic heterocycles. The van der Waals surface area contributed by atoms with E-state index in [1.165, 1.54) is 47.8 Å². The Morgan fingerprint density at radius 1 is 1.18 bits per heavy atom. The molecule has 3 heteroatoms. The average Bonchev–Trinajstić information content (AvgIpc) is 2.96. The minimum absolute atomic E-state index is 0.0276. The molecule has 1 spiro atoms. The Morgan fingerprint density at radius 3 is 3.05 bits per heavy atom. The quantitative estimate of drug-likeness (QED) is 0.789. The fourth-order valence-corrected chi connectivity index (χ4v) is 5.42. The topological polar surface area (TPSA) is 36.1 Å². The number of hydrogen-bond acceptors (Lipinski definition) is 1. The Balaban J connectivity index is 1.79. The van der Waals surface area contributed by atoms with Crippen LogP contribution in [0.25, 0.3) is 10.9 Å². The van der Waals surface area contributed by atoms with E-state index in [2.05, 4.69) is 34.1 Å². The van der Waals surface area contributed by atoms with E-state index in [1.54, 1.807) is 0 Å². The molecule has 1 aromatic carbocycles. The predicted octanol–water partition coefficient (Wildman–Crippen LogP) is 3.73. The maximum absolute atomic E-state index is 12.6. The van der Waals surface area contributed by atoms with E-state index in [1.807, 2.05) is 0 Å². The third kappa shape index (κ3) is 1.44. The van der Waals surface area contributed by atoms with Gasteiger partial charge in [0.15, 0.2) is 0 Å². The number of nitrogens with one attached hydrogen (secondary N) is 1. The number of amides is 1. The first-order valence-electron chi connectivity index (χ1n) is 8.71. The predicted molar refractivity (Wildman–Crippen MR) is 86.6 cm³/mol. The van der Waals surface area contributed by atoms with E-state index in [0.29, 0.717) is 11.8 Å². The number of hydrogen-bond donors (Lipinski definition) is 1. The van der Waals surface area contributed by atoms with Gasteiger partial charge in [0.2, 0.25) is 5.91 Å². The molecule has 1 aliphatic carbocycles. The van der Waals surface area contributed by atoms with Crippen LogP contribution in [0.5, 0.6) is 0 Å². The smallest absolute Gasteiger partial charge is 0.223 e. The lowest BCUT2D eigenvalue weighted by atomic mass is 9.74. The highest BCUT2D eigenvalue weighted by atomic mass is 16.2. The van der Waals surface area contributed by atoms with Crippen molar-refractivity contribution in [3.05, 3.63) is 35.5 Å². The number of aromatic amines is 1. The molecular formula is C19H22N2O. The minimum atomic E-state index is -0.0276. The van der Waals surface area contributed by atoms with E-state index < -0.39 is 0 Å². The van der Waals surface area contributed by atoms with Crippen LogP contribution in [0.15, 0.2) is 24.3 Å². The Bertz CT molecular complexity index is 762. The Labute approximate surface area is 130 Å². The molecule has 0 unspecified atom stereocenters. The Morgan fingerprint density at radius 2 is 2.09 bits per heavy atom. The summed E-state index contributed by atoms with van der Waals surface area (Å²) in [6, 6.07) is 8.64. The molecule has 1 saturated heterocycles. The lowest BCUT2D eigenvalue weighted by Gasteiger charge is -2.45. The summed E-state index contributed by atoms with van der Waals surface area (Å²) < 4.78 is 0. The van der Waals surface area contributed by atoms with Gasteiger partial charge in [-0.2, -0.15) is 0 Å². The second-order valence-electron chi connectivity index (χ2n) is 7.24. The highest BCUT2D eigenvalue weighted by Crippen LogP contribution is 2.54. The van der Waals surface area contributed by atoms with Gasteiger partial charge in [0, 0.05) is 29.6 Å². The van der Waals surface area contributed by atoms with Crippen molar-refractivity contribution in [1.29, 1.82) is 0 Å². The summed E-state index contributed by atoms with van der Waals surface area (Å²) in [6.45, 7) is 0.907. The summed E-state index contributed by atoms with van der Waals surface area (Å²) >= 11 is 0. The lowest BCUT2D eigenvalue weighted by molar-refractivity contribution is -0.132. The molecule has 3 aliphatic rings. The highest BCUT2D eigenvalue weighted by molar-refractivity contribution is 5.88. The van der Waals surface area contributed by atoms with Gasteiger partial charge >= 0.3 is 0 Å². The van der Waals surface area contributed by atoms with Crippen LogP contribution in [0.4, 0.5) is 0 Å². The summed E-state index contributed by atoms with van der Waals surface area (Å²) in [7, 11) is 0. The number of fused-ring (bicyclic) bond motifs is 3. The van der Waals surface area contributed by atoms with Gasteiger partial charge in [-0.05, 0) is 36.8 Å². The van der Waals surface area contributed by atoms with Crippen LogP contribution in [-0.4, -0.2) is 22.3 Å². The van der Waals surface area contributed by atoms with Gasteiger partial charge in [-0.25, -0.2) is 0 Å². The van der Waals surface area contributed by atoms with Crippen LogP contribution in [0.1, 0.15) is 49.8 Å². The van der Waals surface area contributed by atoms with Crippen molar-refractivity contribution in [2.75, 3.05) is 6.54 Å². The molecule has 0 bridgehead atoms. The number of rotatable bonds is 0. The van der Waals surface area contributed by atoms with Crippen LogP contribution in [0, 0.1) is 5.92 Å². The molecule has 3 heterocycles. The van der Waals surface area contributed by atoms with E-state index in [-0.39, 0.29) is 5.54 Å². The molecule has 1 N–H and O–H groups in total. The first-order valence-corrected chi connectivity index (χ1v) is 8.71. The molecule has 1 aromatic heterocycles. The van der Waals surface area contributed by atoms with Gasteiger partial charge in [-0.1, -0.05) is 37.5 Å². The number of H-pyrrole nitrogens is 1. The molecule has 1 saturated carbocycles. The third-order valence-corrected chi connectivity index (χ3v) is 6.32. The summed E-state index contributed by atoms with van der Waals surface area (Å²) in [5.41, 5.74) is 4.07. The number of aromatic nitrogens is 1. The van der Waals surface area contributed by atoms with Crippen molar-refractivity contribution in [2.45, 2.75) is 50.5 Å². The third-order valence-electron chi connectivity index (χ3n) is 6.32. The zero-order valence-electron chi connectivity index (χ0n) is 12.9. The van der Waals surface area contributed by atoms with E-state index in [9.17, 15) is 4.79 Å². The fraction of sp³-hybridized carbons (Fsp3) is 0.526. The van der Waals surface area contributed by atoms with Gasteiger partial charge in [-0.3, -0.25) is 4.79 Å². The standard InChI is InChI=1S/C19H22N2O/c22-17-12-13-6-2-1-5-10-19(13)18-15(9-11-21(17)19)14-7-3-4-8-16(14)20-18/h3-4,7-8,13,20H,1-2,5-6,9-12H2/t13-,19-/m1/s1. The molecule has 0 radical (unpaired) electrons. The zero-order chi connectivity index (χ0) is 14.7. The normalized spacial score (nSPS) is 30.8. The van der Waals surface area contributed by atoms with Gasteiger partial charge in [-0.15, -0.1) is 0 Å². The van der Waals surface area contributed by atoms with Crippen LogP contribution in [0.3, 0.4) is 0 Å².